The number of carbonyl (C=O) groups excluding carboxylic acids is 1. The predicted octanol–water partition coefficient (Wildman–Crippen LogP) is 4.81. The van der Waals surface area contributed by atoms with Crippen molar-refractivity contribution in [1.82, 2.24) is 9.97 Å². The molecule has 28 heavy (non-hydrogen) atoms. The van der Waals surface area contributed by atoms with Gasteiger partial charge in [0.1, 0.15) is 10.8 Å². The molecule has 0 unspecified atom stereocenters. The highest BCUT2D eigenvalue weighted by molar-refractivity contribution is 7.99. The fourth-order valence-corrected chi connectivity index (χ4v) is 3.57. The Labute approximate surface area is 169 Å². The van der Waals surface area contributed by atoms with Gasteiger partial charge in [0.2, 0.25) is 5.91 Å². The number of aromatic nitrogens is 2. The summed E-state index contributed by atoms with van der Waals surface area (Å²) in [5, 5.41) is 3.78. The summed E-state index contributed by atoms with van der Waals surface area (Å²) >= 11 is 1.40. The summed E-state index contributed by atoms with van der Waals surface area (Å²) < 4.78 is 5.19. The number of amides is 1. The van der Waals surface area contributed by atoms with Crippen LogP contribution in [0.4, 0.5) is 5.69 Å². The number of hydrogen-bond acceptors (Lipinski definition) is 5. The second-order valence-corrected chi connectivity index (χ2v) is 7.50. The number of benzene rings is 2. The van der Waals surface area contributed by atoms with Crippen molar-refractivity contribution < 1.29 is 9.53 Å². The molecule has 0 saturated carbocycles. The first-order chi connectivity index (χ1) is 13.5. The smallest absolute Gasteiger partial charge is 0.234 e. The van der Waals surface area contributed by atoms with Crippen molar-refractivity contribution in [2.75, 3.05) is 18.2 Å². The fraction of sp³-hybridized carbons (Fsp3) is 0.227. The SMILES string of the molecule is COc1ccc(-c2nc(C)cc(SCC(=O)Nc3c(C)cccc3C)n2)cc1. The molecule has 3 aromatic rings. The van der Waals surface area contributed by atoms with Gasteiger partial charge >= 0.3 is 0 Å². The van der Waals surface area contributed by atoms with E-state index in [1.165, 1.54) is 11.8 Å². The van der Waals surface area contributed by atoms with Crippen LogP contribution in [0.1, 0.15) is 16.8 Å². The fourth-order valence-electron chi connectivity index (χ4n) is 2.81. The van der Waals surface area contributed by atoms with Gasteiger partial charge in [-0.25, -0.2) is 9.97 Å². The number of hydrogen-bond donors (Lipinski definition) is 1. The van der Waals surface area contributed by atoms with E-state index in [9.17, 15) is 4.79 Å². The number of nitrogens with one attached hydrogen (secondary N) is 1. The number of anilines is 1. The molecule has 1 aromatic heterocycles. The van der Waals surface area contributed by atoms with E-state index in [0.717, 1.165) is 38.8 Å². The Kier molecular flexibility index (Phi) is 6.31. The maximum atomic E-state index is 12.4. The van der Waals surface area contributed by atoms with Crippen LogP contribution in [0.3, 0.4) is 0 Å². The molecule has 1 N–H and O–H groups in total. The van der Waals surface area contributed by atoms with Gasteiger partial charge in [-0.05, 0) is 62.2 Å². The number of aryl methyl sites for hydroxylation is 3. The molecule has 6 heteroatoms. The van der Waals surface area contributed by atoms with Crippen LogP contribution in [0.2, 0.25) is 0 Å². The number of ether oxygens (including phenoxy) is 1. The van der Waals surface area contributed by atoms with E-state index in [0.29, 0.717) is 5.82 Å². The summed E-state index contributed by atoms with van der Waals surface area (Å²) in [4.78, 5) is 21.5. The van der Waals surface area contributed by atoms with E-state index >= 15 is 0 Å². The molecule has 0 radical (unpaired) electrons. The second kappa shape index (κ2) is 8.89. The molecule has 0 aliphatic rings. The van der Waals surface area contributed by atoms with Crippen molar-refractivity contribution in [1.29, 1.82) is 0 Å². The Morgan fingerprint density at radius 2 is 1.71 bits per heavy atom. The van der Waals surface area contributed by atoms with Gasteiger partial charge in [-0.3, -0.25) is 4.79 Å². The van der Waals surface area contributed by atoms with E-state index in [4.69, 9.17) is 4.74 Å². The zero-order chi connectivity index (χ0) is 20.1. The third kappa shape index (κ3) is 4.89. The molecule has 0 fully saturated rings. The first-order valence-electron chi connectivity index (χ1n) is 8.95. The van der Waals surface area contributed by atoms with E-state index in [-0.39, 0.29) is 11.7 Å². The van der Waals surface area contributed by atoms with E-state index in [1.54, 1.807) is 7.11 Å². The monoisotopic (exact) mass is 393 g/mol. The van der Waals surface area contributed by atoms with Crippen molar-refractivity contribution in [2.24, 2.45) is 0 Å². The van der Waals surface area contributed by atoms with Crippen molar-refractivity contribution >= 4 is 23.4 Å². The van der Waals surface area contributed by atoms with Crippen LogP contribution in [0.15, 0.2) is 53.6 Å². The average molecular weight is 394 g/mol. The average Bonchev–Trinajstić information content (AvgIpc) is 2.69. The summed E-state index contributed by atoms with van der Waals surface area (Å²) in [6.07, 6.45) is 0. The molecule has 5 nitrogen and oxygen atoms in total. The largest absolute Gasteiger partial charge is 0.497 e. The van der Waals surface area contributed by atoms with Gasteiger partial charge < -0.3 is 10.1 Å². The number of rotatable bonds is 6. The summed E-state index contributed by atoms with van der Waals surface area (Å²) in [6.45, 7) is 5.91. The Bertz CT molecular complexity index is 967. The van der Waals surface area contributed by atoms with Gasteiger partial charge in [0.25, 0.3) is 0 Å². The molecular weight excluding hydrogens is 370 g/mol. The minimum atomic E-state index is -0.0512. The lowest BCUT2D eigenvalue weighted by Crippen LogP contribution is -2.16. The molecule has 0 bridgehead atoms. The van der Waals surface area contributed by atoms with Gasteiger partial charge in [-0.1, -0.05) is 30.0 Å². The number of nitrogens with zero attached hydrogens (tertiary/aromatic N) is 2. The van der Waals surface area contributed by atoms with Gasteiger partial charge in [0, 0.05) is 16.9 Å². The maximum absolute atomic E-state index is 12.4. The van der Waals surface area contributed by atoms with Gasteiger partial charge in [0.15, 0.2) is 5.82 Å². The van der Waals surface area contributed by atoms with Crippen molar-refractivity contribution in [2.45, 2.75) is 25.8 Å². The Morgan fingerprint density at radius 1 is 1.04 bits per heavy atom. The van der Waals surface area contributed by atoms with Crippen LogP contribution in [-0.2, 0) is 4.79 Å². The van der Waals surface area contributed by atoms with Crippen LogP contribution >= 0.6 is 11.8 Å². The molecule has 2 aromatic carbocycles. The molecule has 0 aliphatic carbocycles. The minimum absolute atomic E-state index is 0.0512. The van der Waals surface area contributed by atoms with Gasteiger partial charge in [-0.15, -0.1) is 0 Å². The van der Waals surface area contributed by atoms with Crippen molar-refractivity contribution in [3.63, 3.8) is 0 Å². The Hall–Kier alpha value is -2.86. The molecule has 0 atom stereocenters. The molecule has 144 valence electrons. The summed E-state index contributed by atoms with van der Waals surface area (Å²) in [6, 6.07) is 15.5. The molecule has 1 amide bonds. The molecule has 1 heterocycles. The van der Waals surface area contributed by atoms with Crippen LogP contribution in [0, 0.1) is 20.8 Å². The third-order valence-electron chi connectivity index (χ3n) is 4.28. The zero-order valence-electron chi connectivity index (χ0n) is 16.4. The lowest BCUT2D eigenvalue weighted by molar-refractivity contribution is -0.113. The lowest BCUT2D eigenvalue weighted by Gasteiger charge is -2.11. The highest BCUT2D eigenvalue weighted by atomic mass is 32.2. The van der Waals surface area contributed by atoms with Crippen LogP contribution in [0.25, 0.3) is 11.4 Å². The summed E-state index contributed by atoms with van der Waals surface area (Å²) in [5.41, 5.74) is 4.76. The van der Waals surface area contributed by atoms with Crippen LogP contribution < -0.4 is 10.1 Å². The molecule has 0 saturated heterocycles. The molecule has 3 rings (SSSR count). The number of thioether (sulfide) groups is 1. The first-order valence-corrected chi connectivity index (χ1v) is 9.94. The second-order valence-electron chi connectivity index (χ2n) is 6.50. The lowest BCUT2D eigenvalue weighted by atomic mass is 10.1. The molecule has 0 aliphatic heterocycles. The topological polar surface area (TPSA) is 64.1 Å². The van der Waals surface area contributed by atoms with E-state index < -0.39 is 0 Å². The number of methoxy groups -OCH3 is 1. The quantitative estimate of drug-likeness (QED) is 0.481. The van der Waals surface area contributed by atoms with Crippen LogP contribution in [0.5, 0.6) is 5.75 Å². The summed E-state index contributed by atoms with van der Waals surface area (Å²) in [5.74, 6) is 1.66. The van der Waals surface area contributed by atoms with Gasteiger partial charge in [0.05, 0.1) is 12.9 Å². The number of carbonyl (C=O) groups is 1. The van der Waals surface area contributed by atoms with Crippen molar-refractivity contribution in [3.8, 4) is 17.1 Å². The molecule has 0 spiro atoms. The highest BCUT2D eigenvalue weighted by Gasteiger charge is 2.10. The zero-order valence-corrected chi connectivity index (χ0v) is 17.3. The van der Waals surface area contributed by atoms with E-state index in [2.05, 4.69) is 15.3 Å². The molecular formula is C22H23N3O2S. The predicted molar refractivity (Wildman–Crippen MR) is 114 cm³/mol. The third-order valence-corrected chi connectivity index (χ3v) is 5.19. The van der Waals surface area contributed by atoms with Gasteiger partial charge in [-0.2, -0.15) is 0 Å². The Balaban J connectivity index is 1.70. The maximum Gasteiger partial charge on any atom is 0.234 e. The van der Waals surface area contributed by atoms with Crippen LogP contribution in [-0.4, -0.2) is 28.7 Å². The standard InChI is InChI=1S/C22H23N3O2S/c1-14-6-5-7-15(2)21(14)24-19(26)13-28-20-12-16(3)23-22(25-20)17-8-10-18(27-4)11-9-17/h5-12H,13H2,1-4H3,(H,24,26). The summed E-state index contributed by atoms with van der Waals surface area (Å²) in [7, 11) is 1.64. The first kappa shape index (κ1) is 19.9. The minimum Gasteiger partial charge on any atom is -0.497 e. The Morgan fingerprint density at radius 3 is 2.36 bits per heavy atom. The van der Waals surface area contributed by atoms with E-state index in [1.807, 2.05) is 69.3 Å². The highest BCUT2D eigenvalue weighted by Crippen LogP contribution is 2.24. The normalized spacial score (nSPS) is 10.6. The van der Waals surface area contributed by atoms with Crippen molar-refractivity contribution in [3.05, 3.63) is 65.4 Å². The number of para-hydroxylation sites is 1.